The number of carbonyl (C=O) groups is 1. The molecule has 0 radical (unpaired) electrons. The third-order valence-electron chi connectivity index (χ3n) is 5.85. The molecule has 1 aliphatic rings. The zero-order valence-corrected chi connectivity index (χ0v) is 18.6. The Morgan fingerprint density at radius 2 is 1.70 bits per heavy atom. The van der Waals surface area contributed by atoms with Crippen molar-refractivity contribution in [3.63, 3.8) is 0 Å². The summed E-state index contributed by atoms with van der Waals surface area (Å²) >= 11 is 0. The number of pyridine rings is 1. The third-order valence-corrected chi connectivity index (χ3v) is 5.85. The van der Waals surface area contributed by atoms with E-state index in [0.717, 1.165) is 34.9 Å². The summed E-state index contributed by atoms with van der Waals surface area (Å²) in [6.45, 7) is 6.11. The van der Waals surface area contributed by atoms with Gasteiger partial charge >= 0.3 is 6.18 Å². The fraction of sp³-hybridized carbons (Fsp3) is 0.375. The molecule has 0 saturated carbocycles. The van der Waals surface area contributed by atoms with Gasteiger partial charge in [-0.25, -0.2) is 9.67 Å². The Balaban J connectivity index is 1.27. The topological polar surface area (TPSA) is 54.3 Å². The average molecular weight is 458 g/mol. The SMILES string of the molecule is Cc1cc(C)n(-c2ccc(CCC(=O)N3CCN(c4ccc(C(F)(F)F)cn4)CC3)cc2)n1. The van der Waals surface area contributed by atoms with Gasteiger partial charge in [-0.05, 0) is 56.2 Å². The normalized spacial score (nSPS) is 14.6. The van der Waals surface area contributed by atoms with Crippen LogP contribution in [-0.2, 0) is 17.4 Å². The summed E-state index contributed by atoms with van der Waals surface area (Å²) in [6.07, 6.45) is -2.48. The summed E-state index contributed by atoms with van der Waals surface area (Å²) in [7, 11) is 0. The summed E-state index contributed by atoms with van der Waals surface area (Å²) in [6, 6.07) is 12.5. The van der Waals surface area contributed by atoms with Crippen molar-refractivity contribution in [2.24, 2.45) is 0 Å². The van der Waals surface area contributed by atoms with Gasteiger partial charge in [-0.15, -0.1) is 0 Å². The number of carbonyl (C=O) groups excluding carboxylic acids is 1. The van der Waals surface area contributed by atoms with Gasteiger partial charge in [-0.2, -0.15) is 18.3 Å². The monoisotopic (exact) mass is 457 g/mol. The van der Waals surface area contributed by atoms with Crippen molar-refractivity contribution in [1.29, 1.82) is 0 Å². The summed E-state index contributed by atoms with van der Waals surface area (Å²) in [5, 5.41) is 4.49. The van der Waals surface area contributed by atoms with Crippen molar-refractivity contribution in [3.8, 4) is 5.69 Å². The van der Waals surface area contributed by atoms with Crippen molar-refractivity contribution < 1.29 is 18.0 Å². The first-order valence-electron chi connectivity index (χ1n) is 10.9. The molecule has 3 aromatic rings. The Morgan fingerprint density at radius 3 is 2.24 bits per heavy atom. The maximum absolute atomic E-state index is 12.7. The van der Waals surface area contributed by atoms with Crippen LogP contribution < -0.4 is 4.90 Å². The minimum absolute atomic E-state index is 0.0812. The van der Waals surface area contributed by atoms with Crippen LogP contribution in [0.15, 0.2) is 48.7 Å². The number of nitrogens with zero attached hydrogens (tertiary/aromatic N) is 5. The smallest absolute Gasteiger partial charge is 0.353 e. The van der Waals surface area contributed by atoms with Gasteiger partial charge in [0.2, 0.25) is 5.91 Å². The van der Waals surface area contributed by atoms with Crippen LogP contribution in [0.25, 0.3) is 5.69 Å². The fourth-order valence-electron chi connectivity index (χ4n) is 4.03. The largest absolute Gasteiger partial charge is 0.417 e. The number of hydrogen-bond acceptors (Lipinski definition) is 4. The van der Waals surface area contributed by atoms with Crippen LogP contribution in [0.3, 0.4) is 0 Å². The van der Waals surface area contributed by atoms with E-state index in [1.54, 1.807) is 0 Å². The van der Waals surface area contributed by atoms with Crippen LogP contribution in [0.5, 0.6) is 0 Å². The van der Waals surface area contributed by atoms with E-state index in [-0.39, 0.29) is 5.91 Å². The maximum atomic E-state index is 12.7. The van der Waals surface area contributed by atoms with E-state index in [2.05, 4.69) is 10.1 Å². The zero-order chi connectivity index (χ0) is 23.6. The van der Waals surface area contributed by atoms with Crippen LogP contribution in [0.1, 0.15) is 28.9 Å². The number of anilines is 1. The van der Waals surface area contributed by atoms with Gasteiger partial charge in [0.05, 0.1) is 16.9 Å². The maximum Gasteiger partial charge on any atom is 0.417 e. The first-order chi connectivity index (χ1) is 15.7. The second kappa shape index (κ2) is 9.25. The molecular weight excluding hydrogens is 431 g/mol. The highest BCUT2D eigenvalue weighted by atomic mass is 19.4. The number of piperazine rings is 1. The van der Waals surface area contributed by atoms with Crippen LogP contribution in [0, 0.1) is 13.8 Å². The lowest BCUT2D eigenvalue weighted by Crippen LogP contribution is -2.49. The van der Waals surface area contributed by atoms with Gasteiger partial charge in [0.15, 0.2) is 0 Å². The number of rotatable bonds is 5. The highest BCUT2D eigenvalue weighted by Crippen LogP contribution is 2.29. The highest BCUT2D eigenvalue weighted by molar-refractivity contribution is 5.76. The molecule has 1 saturated heterocycles. The molecule has 1 amide bonds. The van der Waals surface area contributed by atoms with Crippen molar-refractivity contribution in [3.05, 3.63) is 71.2 Å². The minimum atomic E-state index is -4.39. The third kappa shape index (κ3) is 5.35. The fourth-order valence-corrected chi connectivity index (χ4v) is 4.03. The van der Waals surface area contributed by atoms with Gasteiger partial charge in [0.1, 0.15) is 5.82 Å². The van der Waals surface area contributed by atoms with Crippen LogP contribution in [-0.4, -0.2) is 51.8 Å². The van der Waals surface area contributed by atoms with Crippen LogP contribution in [0.4, 0.5) is 19.0 Å². The molecule has 9 heteroatoms. The Labute approximate surface area is 190 Å². The number of halogens is 3. The molecule has 0 bridgehead atoms. The number of amides is 1. The summed E-state index contributed by atoms with van der Waals surface area (Å²) in [5.74, 6) is 0.579. The molecule has 1 aliphatic heterocycles. The summed E-state index contributed by atoms with van der Waals surface area (Å²) in [5.41, 5.74) is 3.35. The van der Waals surface area contributed by atoms with E-state index < -0.39 is 11.7 Å². The van der Waals surface area contributed by atoms with Crippen LogP contribution in [0.2, 0.25) is 0 Å². The second-order valence-electron chi connectivity index (χ2n) is 8.28. The molecule has 33 heavy (non-hydrogen) atoms. The number of aromatic nitrogens is 3. The Bertz CT molecular complexity index is 1100. The first-order valence-corrected chi connectivity index (χ1v) is 10.9. The second-order valence-corrected chi connectivity index (χ2v) is 8.28. The Kier molecular flexibility index (Phi) is 6.40. The highest BCUT2D eigenvalue weighted by Gasteiger charge is 2.31. The average Bonchev–Trinajstić information content (AvgIpc) is 3.15. The molecule has 0 N–H and O–H groups in total. The number of hydrogen-bond donors (Lipinski definition) is 0. The molecule has 174 valence electrons. The standard InChI is InChI=1S/C24H26F3N5O/c1-17-15-18(2)32(29-17)21-7-3-19(4-8-21)5-10-23(33)31-13-11-30(12-14-31)22-9-6-20(16-28-22)24(25,26)27/h3-4,6-9,15-16H,5,10-14H2,1-2H3. The van der Waals surface area contributed by atoms with Crippen molar-refractivity contribution >= 4 is 11.7 Å². The van der Waals surface area contributed by atoms with Gasteiger partial charge in [0, 0.05) is 44.5 Å². The lowest BCUT2D eigenvalue weighted by molar-refractivity contribution is -0.137. The number of alkyl halides is 3. The van der Waals surface area contributed by atoms with Crippen LogP contribution >= 0.6 is 0 Å². The predicted octanol–water partition coefficient (Wildman–Crippen LogP) is 4.18. The van der Waals surface area contributed by atoms with Gasteiger partial charge in [-0.3, -0.25) is 4.79 Å². The minimum Gasteiger partial charge on any atom is -0.353 e. The predicted molar refractivity (Wildman–Crippen MR) is 119 cm³/mol. The molecule has 3 heterocycles. The quantitative estimate of drug-likeness (QED) is 0.577. The molecular formula is C24H26F3N5O. The lowest BCUT2D eigenvalue weighted by atomic mass is 10.1. The van der Waals surface area contributed by atoms with Gasteiger partial charge < -0.3 is 9.80 Å². The first kappa shape index (κ1) is 22.8. The van der Waals surface area contributed by atoms with E-state index in [1.165, 1.54) is 6.07 Å². The van der Waals surface area contributed by atoms with Crippen molar-refractivity contribution in [2.75, 3.05) is 31.1 Å². The van der Waals surface area contributed by atoms with Crippen molar-refractivity contribution in [1.82, 2.24) is 19.7 Å². The van der Waals surface area contributed by atoms with E-state index in [9.17, 15) is 18.0 Å². The van der Waals surface area contributed by atoms with E-state index in [1.807, 2.05) is 58.7 Å². The molecule has 0 atom stereocenters. The molecule has 1 aromatic carbocycles. The molecule has 0 aliphatic carbocycles. The van der Waals surface area contributed by atoms with E-state index >= 15 is 0 Å². The molecule has 2 aromatic heterocycles. The van der Waals surface area contributed by atoms with Gasteiger partial charge in [0.25, 0.3) is 0 Å². The Hall–Kier alpha value is -3.36. The molecule has 6 nitrogen and oxygen atoms in total. The molecule has 4 rings (SSSR count). The van der Waals surface area contributed by atoms with Gasteiger partial charge in [-0.1, -0.05) is 12.1 Å². The summed E-state index contributed by atoms with van der Waals surface area (Å²) in [4.78, 5) is 20.3. The molecule has 0 spiro atoms. The lowest BCUT2D eigenvalue weighted by Gasteiger charge is -2.35. The number of aryl methyl sites for hydroxylation is 3. The van der Waals surface area contributed by atoms with E-state index in [4.69, 9.17) is 0 Å². The molecule has 1 fully saturated rings. The Morgan fingerprint density at radius 1 is 1.00 bits per heavy atom. The van der Waals surface area contributed by atoms with E-state index in [0.29, 0.717) is 44.8 Å². The van der Waals surface area contributed by atoms with Crippen molar-refractivity contribution in [2.45, 2.75) is 32.9 Å². The molecule has 0 unspecified atom stereocenters. The summed E-state index contributed by atoms with van der Waals surface area (Å²) < 4.78 is 40.0. The zero-order valence-electron chi connectivity index (χ0n) is 18.6. The number of benzene rings is 1.